The van der Waals surface area contributed by atoms with Crippen LogP contribution in [0.25, 0.3) is 0 Å². The summed E-state index contributed by atoms with van der Waals surface area (Å²) in [6.07, 6.45) is 3.82. The van der Waals surface area contributed by atoms with Crippen LogP contribution in [0.5, 0.6) is 0 Å². The van der Waals surface area contributed by atoms with Gasteiger partial charge in [-0.05, 0) is 45.2 Å². The first-order valence-electron chi connectivity index (χ1n) is 6.08. The van der Waals surface area contributed by atoms with E-state index in [9.17, 15) is 9.59 Å². The summed E-state index contributed by atoms with van der Waals surface area (Å²) in [6.45, 7) is 7.45. The molecule has 19 heavy (non-hydrogen) atoms. The quantitative estimate of drug-likeness (QED) is 0.602. The van der Waals surface area contributed by atoms with E-state index < -0.39 is 11.1 Å². The molecule has 0 heterocycles. The number of aliphatic imine (C=N–C) groups is 2. The lowest BCUT2D eigenvalue weighted by Gasteiger charge is -2.21. The van der Waals surface area contributed by atoms with Crippen LogP contribution in [0.1, 0.15) is 38.8 Å². The molecule has 0 atom stereocenters. The zero-order chi connectivity index (χ0) is 14.5. The number of benzene rings is 1. The number of carbonyl (C=O) groups excluding carboxylic acids is 2. The second kappa shape index (κ2) is 5.75. The van der Waals surface area contributed by atoms with Crippen LogP contribution in [0.3, 0.4) is 0 Å². The summed E-state index contributed by atoms with van der Waals surface area (Å²) >= 11 is 0. The summed E-state index contributed by atoms with van der Waals surface area (Å²) in [5.74, 6) is 0. The zero-order valence-corrected chi connectivity index (χ0v) is 11.7. The fourth-order valence-corrected chi connectivity index (χ4v) is 1.90. The standard InChI is InChI=1S/C15H18N2O2/c1-14(2,16-10-18)9-12-6-5-7-13(8-12)15(3,4)17-11-19/h5-8H,9H2,1-4H3. The predicted octanol–water partition coefficient (Wildman–Crippen LogP) is 2.91. The van der Waals surface area contributed by atoms with E-state index in [0.717, 1.165) is 11.1 Å². The van der Waals surface area contributed by atoms with E-state index in [0.29, 0.717) is 6.42 Å². The highest BCUT2D eigenvalue weighted by Gasteiger charge is 2.21. The molecule has 0 unspecified atom stereocenters. The minimum atomic E-state index is -0.601. The van der Waals surface area contributed by atoms with E-state index >= 15 is 0 Å². The Hall–Kier alpha value is -2.02. The summed E-state index contributed by atoms with van der Waals surface area (Å²) in [7, 11) is 0. The summed E-state index contributed by atoms with van der Waals surface area (Å²) < 4.78 is 0. The molecule has 1 aromatic carbocycles. The molecule has 0 aromatic heterocycles. The van der Waals surface area contributed by atoms with Crippen molar-refractivity contribution in [3.63, 3.8) is 0 Å². The topological polar surface area (TPSA) is 58.9 Å². The van der Waals surface area contributed by atoms with Gasteiger partial charge in [0.15, 0.2) is 0 Å². The molecule has 1 aromatic rings. The van der Waals surface area contributed by atoms with Crippen LogP contribution in [0.2, 0.25) is 0 Å². The Morgan fingerprint density at radius 2 is 1.68 bits per heavy atom. The molecule has 0 aliphatic carbocycles. The molecule has 4 heteroatoms. The van der Waals surface area contributed by atoms with Gasteiger partial charge in [-0.15, -0.1) is 0 Å². The fourth-order valence-electron chi connectivity index (χ4n) is 1.90. The molecule has 1 rings (SSSR count). The molecule has 0 amide bonds. The van der Waals surface area contributed by atoms with Crippen LogP contribution in [0.4, 0.5) is 0 Å². The Kier molecular flexibility index (Phi) is 4.55. The minimum absolute atomic E-state index is 0.488. The van der Waals surface area contributed by atoms with Crippen LogP contribution in [0.15, 0.2) is 34.3 Å². The molecule has 0 aliphatic heterocycles. The normalized spacial score (nSPS) is 11.4. The van der Waals surface area contributed by atoms with Crippen LogP contribution < -0.4 is 0 Å². The third-order valence-corrected chi connectivity index (χ3v) is 2.94. The van der Waals surface area contributed by atoms with E-state index in [4.69, 9.17) is 0 Å². The lowest BCUT2D eigenvalue weighted by molar-refractivity contribution is 0.498. The lowest BCUT2D eigenvalue weighted by Crippen LogP contribution is -2.20. The van der Waals surface area contributed by atoms with Crippen LogP contribution in [-0.4, -0.2) is 17.7 Å². The average Bonchev–Trinajstić information content (AvgIpc) is 2.28. The molecular formula is C15H18N2O2. The molecule has 0 radical (unpaired) electrons. The molecular weight excluding hydrogens is 240 g/mol. The van der Waals surface area contributed by atoms with Gasteiger partial charge in [-0.1, -0.05) is 24.3 Å². The van der Waals surface area contributed by atoms with Crippen molar-refractivity contribution < 1.29 is 9.59 Å². The minimum Gasteiger partial charge on any atom is -0.211 e. The molecule has 100 valence electrons. The largest absolute Gasteiger partial charge is 0.235 e. The Balaban J connectivity index is 3.08. The van der Waals surface area contributed by atoms with Gasteiger partial charge in [-0.2, -0.15) is 9.98 Å². The zero-order valence-electron chi connectivity index (χ0n) is 11.7. The third-order valence-electron chi connectivity index (χ3n) is 2.94. The van der Waals surface area contributed by atoms with Gasteiger partial charge in [0.1, 0.15) is 0 Å². The third kappa shape index (κ3) is 4.29. The van der Waals surface area contributed by atoms with Crippen molar-refractivity contribution in [2.75, 3.05) is 0 Å². The van der Waals surface area contributed by atoms with Gasteiger partial charge >= 0.3 is 0 Å². The molecule has 0 aliphatic rings. The van der Waals surface area contributed by atoms with Gasteiger partial charge in [0.25, 0.3) is 0 Å². The highest BCUT2D eigenvalue weighted by Crippen LogP contribution is 2.26. The molecule has 0 bridgehead atoms. The summed E-state index contributed by atoms with van der Waals surface area (Å²) in [6, 6.07) is 7.77. The predicted molar refractivity (Wildman–Crippen MR) is 73.5 cm³/mol. The van der Waals surface area contributed by atoms with Crippen molar-refractivity contribution in [2.24, 2.45) is 9.98 Å². The van der Waals surface area contributed by atoms with Gasteiger partial charge in [0.2, 0.25) is 12.2 Å². The number of rotatable bonds is 5. The van der Waals surface area contributed by atoms with Crippen LogP contribution in [0, 0.1) is 0 Å². The highest BCUT2D eigenvalue weighted by atomic mass is 16.1. The number of isocyanates is 2. The molecule has 0 spiro atoms. The fraction of sp³-hybridized carbons (Fsp3) is 0.467. The monoisotopic (exact) mass is 258 g/mol. The first-order valence-corrected chi connectivity index (χ1v) is 6.08. The van der Waals surface area contributed by atoms with Crippen molar-refractivity contribution >= 4 is 12.2 Å². The summed E-state index contributed by atoms with van der Waals surface area (Å²) in [4.78, 5) is 28.4. The second-order valence-electron chi connectivity index (χ2n) is 5.65. The van der Waals surface area contributed by atoms with Crippen LogP contribution >= 0.6 is 0 Å². The molecule has 0 N–H and O–H groups in total. The number of hydrogen-bond acceptors (Lipinski definition) is 4. The van der Waals surface area contributed by atoms with Crippen molar-refractivity contribution in [2.45, 2.75) is 45.2 Å². The maximum atomic E-state index is 10.4. The lowest BCUT2D eigenvalue weighted by atomic mass is 9.89. The summed E-state index contributed by atoms with van der Waals surface area (Å²) in [5, 5.41) is 0. The SMILES string of the molecule is CC(C)(Cc1cccc(C(C)(C)N=C=O)c1)N=C=O. The second-order valence-corrected chi connectivity index (χ2v) is 5.65. The first-order chi connectivity index (χ1) is 8.80. The van der Waals surface area contributed by atoms with E-state index in [1.54, 1.807) is 12.2 Å². The van der Waals surface area contributed by atoms with E-state index in [1.165, 1.54) is 0 Å². The number of hydrogen-bond donors (Lipinski definition) is 0. The maximum Gasteiger partial charge on any atom is 0.235 e. The molecule has 0 saturated heterocycles. The van der Waals surface area contributed by atoms with Gasteiger partial charge in [-0.3, -0.25) is 0 Å². The van der Waals surface area contributed by atoms with Crippen molar-refractivity contribution in [3.8, 4) is 0 Å². The Morgan fingerprint density at radius 3 is 2.26 bits per heavy atom. The molecule has 4 nitrogen and oxygen atoms in total. The first kappa shape index (κ1) is 15.0. The van der Waals surface area contributed by atoms with Gasteiger partial charge in [0.05, 0.1) is 11.1 Å². The number of nitrogens with zero attached hydrogens (tertiary/aromatic N) is 2. The summed E-state index contributed by atoms with van der Waals surface area (Å²) in [5.41, 5.74) is 0.878. The van der Waals surface area contributed by atoms with Gasteiger partial charge in [0, 0.05) is 0 Å². The molecule has 0 saturated carbocycles. The average molecular weight is 258 g/mol. The van der Waals surface area contributed by atoms with Crippen molar-refractivity contribution in [1.29, 1.82) is 0 Å². The van der Waals surface area contributed by atoms with E-state index in [-0.39, 0.29) is 0 Å². The van der Waals surface area contributed by atoms with E-state index in [2.05, 4.69) is 9.98 Å². The van der Waals surface area contributed by atoms with Crippen molar-refractivity contribution in [3.05, 3.63) is 35.4 Å². The maximum absolute atomic E-state index is 10.4. The van der Waals surface area contributed by atoms with Gasteiger partial charge < -0.3 is 0 Å². The van der Waals surface area contributed by atoms with Crippen LogP contribution in [-0.2, 0) is 21.5 Å². The Bertz CT molecular complexity index is 549. The molecule has 0 fully saturated rings. The van der Waals surface area contributed by atoms with Gasteiger partial charge in [-0.25, -0.2) is 9.59 Å². The Morgan fingerprint density at radius 1 is 1.05 bits per heavy atom. The van der Waals surface area contributed by atoms with E-state index in [1.807, 2.05) is 52.0 Å². The van der Waals surface area contributed by atoms with Crippen molar-refractivity contribution in [1.82, 2.24) is 0 Å². The highest BCUT2D eigenvalue weighted by molar-refractivity contribution is 5.39. The Labute approximate surface area is 113 Å². The smallest absolute Gasteiger partial charge is 0.211 e.